The van der Waals surface area contributed by atoms with Crippen LogP contribution in [0.5, 0.6) is 0 Å². The lowest BCUT2D eigenvalue weighted by atomic mass is 10.2. The van der Waals surface area contributed by atoms with Crippen molar-refractivity contribution in [3.8, 4) is 0 Å². The van der Waals surface area contributed by atoms with Gasteiger partial charge in [-0.1, -0.05) is 11.6 Å². The summed E-state index contributed by atoms with van der Waals surface area (Å²) in [7, 11) is 0. The first kappa shape index (κ1) is 8.95. The minimum absolute atomic E-state index is 0.683. The van der Waals surface area contributed by atoms with Gasteiger partial charge in [-0.3, -0.25) is 4.79 Å². The summed E-state index contributed by atoms with van der Waals surface area (Å²) in [5, 5.41) is 2.60. The Bertz CT molecular complexity index is 164. The number of hydrogen-bond donors (Lipinski definition) is 1. The van der Waals surface area contributed by atoms with Crippen LogP contribution < -0.4 is 5.32 Å². The molecular weight excluding hydrogens is 126 g/mol. The molecule has 56 valence electrons. The second-order valence-electron chi connectivity index (χ2n) is 2.18. The molecule has 0 spiro atoms. The largest absolute Gasteiger partial charge is 0.329 e. The number of carbonyl (C=O) groups is 1. The minimum atomic E-state index is 0.683. The van der Waals surface area contributed by atoms with Gasteiger partial charge in [0.05, 0.1) is 0 Å². The van der Waals surface area contributed by atoms with E-state index in [1.54, 1.807) is 0 Å². The van der Waals surface area contributed by atoms with Crippen LogP contribution in [0.25, 0.3) is 0 Å². The Morgan fingerprint density at radius 1 is 1.40 bits per heavy atom. The van der Waals surface area contributed by atoms with Crippen LogP contribution in [0, 0.1) is 0 Å². The number of allylic oxidation sites excluding steroid dienone is 3. The van der Waals surface area contributed by atoms with E-state index in [1.165, 1.54) is 0 Å². The molecule has 0 unspecified atom stereocenters. The topological polar surface area (TPSA) is 29.1 Å². The molecule has 0 saturated carbocycles. The Balaban J connectivity index is 4.26. The van der Waals surface area contributed by atoms with Gasteiger partial charge in [0.2, 0.25) is 6.41 Å². The molecule has 0 atom stereocenters. The van der Waals surface area contributed by atoms with Crippen molar-refractivity contribution in [3.63, 3.8) is 0 Å². The molecule has 2 heteroatoms. The van der Waals surface area contributed by atoms with E-state index >= 15 is 0 Å². The average Bonchev–Trinajstić information content (AvgIpc) is 1.87. The van der Waals surface area contributed by atoms with Gasteiger partial charge in [-0.15, -0.1) is 0 Å². The third-order valence-corrected chi connectivity index (χ3v) is 1.09. The molecule has 2 nitrogen and oxygen atoms in total. The Kier molecular flexibility index (Phi) is 4.29. The Morgan fingerprint density at radius 3 is 2.30 bits per heavy atom. The first-order valence-corrected chi connectivity index (χ1v) is 3.22. The Morgan fingerprint density at radius 2 is 2.00 bits per heavy atom. The molecule has 10 heavy (non-hydrogen) atoms. The number of rotatable bonds is 3. The highest BCUT2D eigenvalue weighted by Crippen LogP contribution is 1.99. The average molecular weight is 139 g/mol. The highest BCUT2D eigenvalue weighted by molar-refractivity contribution is 5.52. The number of hydrogen-bond acceptors (Lipinski definition) is 1. The fourth-order valence-electron chi connectivity index (χ4n) is 0.589. The first-order valence-electron chi connectivity index (χ1n) is 3.22. The predicted molar refractivity (Wildman–Crippen MR) is 42.4 cm³/mol. The molecule has 1 N–H and O–H groups in total. The third-order valence-electron chi connectivity index (χ3n) is 1.09. The molecule has 0 aromatic carbocycles. The zero-order chi connectivity index (χ0) is 7.98. The SMILES string of the molecule is C/C=C\C(NC=O)=C(C)C. The third kappa shape index (κ3) is 3.07. The summed E-state index contributed by atoms with van der Waals surface area (Å²) >= 11 is 0. The summed E-state index contributed by atoms with van der Waals surface area (Å²) in [5.41, 5.74) is 1.97. The van der Waals surface area contributed by atoms with Gasteiger partial charge < -0.3 is 5.32 Å². The van der Waals surface area contributed by atoms with Crippen LogP contribution in [0.2, 0.25) is 0 Å². The smallest absolute Gasteiger partial charge is 0.211 e. The van der Waals surface area contributed by atoms with E-state index in [9.17, 15) is 4.79 Å². The summed E-state index contributed by atoms with van der Waals surface area (Å²) in [4.78, 5) is 10.0. The van der Waals surface area contributed by atoms with Gasteiger partial charge in [0.1, 0.15) is 0 Å². The molecule has 0 aliphatic rings. The van der Waals surface area contributed by atoms with Crippen molar-refractivity contribution in [2.24, 2.45) is 0 Å². The van der Waals surface area contributed by atoms with Gasteiger partial charge in [-0.2, -0.15) is 0 Å². The van der Waals surface area contributed by atoms with E-state index < -0.39 is 0 Å². The summed E-state index contributed by atoms with van der Waals surface area (Å²) < 4.78 is 0. The van der Waals surface area contributed by atoms with Gasteiger partial charge >= 0.3 is 0 Å². The van der Waals surface area contributed by atoms with E-state index in [0.717, 1.165) is 11.3 Å². The van der Waals surface area contributed by atoms with Crippen LogP contribution in [0.1, 0.15) is 20.8 Å². The molecule has 0 saturated heterocycles. The quantitative estimate of drug-likeness (QED) is 0.467. The number of amides is 1. The van der Waals surface area contributed by atoms with E-state index in [4.69, 9.17) is 0 Å². The molecule has 0 fully saturated rings. The van der Waals surface area contributed by atoms with Gasteiger partial charge in [0.25, 0.3) is 0 Å². The lowest BCUT2D eigenvalue weighted by Crippen LogP contribution is -2.09. The van der Waals surface area contributed by atoms with Crippen LogP contribution in [-0.2, 0) is 4.79 Å². The summed E-state index contributed by atoms with van der Waals surface area (Å²) in [6.45, 7) is 5.81. The Hall–Kier alpha value is -1.05. The molecule has 0 bridgehead atoms. The highest BCUT2D eigenvalue weighted by atomic mass is 16.1. The molecule has 0 heterocycles. The maximum absolute atomic E-state index is 10.0. The van der Waals surface area contributed by atoms with Crippen molar-refractivity contribution < 1.29 is 4.79 Å². The zero-order valence-electron chi connectivity index (χ0n) is 6.64. The maximum atomic E-state index is 10.0. The molecular formula is C8H13NO. The molecule has 0 aliphatic carbocycles. The summed E-state index contributed by atoms with van der Waals surface area (Å²) in [6, 6.07) is 0. The molecule has 0 rings (SSSR count). The highest BCUT2D eigenvalue weighted by Gasteiger charge is 1.89. The van der Waals surface area contributed by atoms with Crippen LogP contribution in [0.3, 0.4) is 0 Å². The standard InChI is InChI=1S/C8H13NO/c1-4-5-8(7(2)3)9-6-10/h4-6H,1-3H3,(H,9,10)/b5-4-. The molecule has 0 aliphatic heterocycles. The molecule has 0 radical (unpaired) electrons. The lowest BCUT2D eigenvalue weighted by molar-refractivity contribution is -0.108. The molecule has 0 aromatic heterocycles. The van der Waals surface area contributed by atoms with Gasteiger partial charge in [-0.05, 0) is 26.8 Å². The van der Waals surface area contributed by atoms with E-state index in [2.05, 4.69) is 5.32 Å². The van der Waals surface area contributed by atoms with Gasteiger partial charge in [0.15, 0.2) is 0 Å². The monoisotopic (exact) mass is 139 g/mol. The first-order chi connectivity index (χ1) is 4.72. The fourth-order valence-corrected chi connectivity index (χ4v) is 0.589. The molecule has 0 aromatic rings. The number of nitrogens with one attached hydrogen (secondary N) is 1. The van der Waals surface area contributed by atoms with Crippen molar-refractivity contribution in [3.05, 3.63) is 23.4 Å². The van der Waals surface area contributed by atoms with Crippen LogP contribution in [0.4, 0.5) is 0 Å². The van der Waals surface area contributed by atoms with Crippen LogP contribution in [-0.4, -0.2) is 6.41 Å². The van der Waals surface area contributed by atoms with Crippen molar-refractivity contribution in [2.45, 2.75) is 20.8 Å². The Labute approximate surface area is 61.6 Å². The van der Waals surface area contributed by atoms with Gasteiger partial charge in [-0.25, -0.2) is 0 Å². The molecule has 1 amide bonds. The minimum Gasteiger partial charge on any atom is -0.329 e. The summed E-state index contributed by atoms with van der Waals surface area (Å²) in [6.07, 6.45) is 4.44. The normalized spacial score (nSPS) is 9.50. The van der Waals surface area contributed by atoms with Crippen molar-refractivity contribution in [1.82, 2.24) is 5.32 Å². The van der Waals surface area contributed by atoms with Crippen LogP contribution in [0.15, 0.2) is 23.4 Å². The number of carbonyl (C=O) groups excluding carboxylic acids is 1. The van der Waals surface area contributed by atoms with Crippen molar-refractivity contribution >= 4 is 6.41 Å². The van der Waals surface area contributed by atoms with E-state index in [-0.39, 0.29) is 0 Å². The van der Waals surface area contributed by atoms with E-state index in [1.807, 2.05) is 32.9 Å². The predicted octanol–water partition coefficient (Wildman–Crippen LogP) is 1.60. The second-order valence-corrected chi connectivity index (χ2v) is 2.18. The summed E-state index contributed by atoms with van der Waals surface area (Å²) in [5.74, 6) is 0. The fraction of sp³-hybridized carbons (Fsp3) is 0.375. The zero-order valence-corrected chi connectivity index (χ0v) is 6.64. The van der Waals surface area contributed by atoms with Crippen molar-refractivity contribution in [2.75, 3.05) is 0 Å². The lowest BCUT2D eigenvalue weighted by Gasteiger charge is -2.00. The second kappa shape index (κ2) is 4.79. The maximum Gasteiger partial charge on any atom is 0.211 e. The van der Waals surface area contributed by atoms with Gasteiger partial charge in [0, 0.05) is 5.70 Å². The van der Waals surface area contributed by atoms with E-state index in [0.29, 0.717) is 6.41 Å². The van der Waals surface area contributed by atoms with Crippen molar-refractivity contribution in [1.29, 1.82) is 0 Å². The van der Waals surface area contributed by atoms with Crippen LogP contribution >= 0.6 is 0 Å².